The zero-order valence-electron chi connectivity index (χ0n) is 15.2. The average molecular weight is 367 g/mol. The van der Waals surface area contributed by atoms with Crippen LogP contribution in [0.4, 0.5) is 5.69 Å². The molecule has 134 valence electrons. The largest absolute Gasteiger partial charge is 0.411 e. The Kier molecular flexibility index (Phi) is 5.42. The summed E-state index contributed by atoms with van der Waals surface area (Å²) in [7, 11) is 0. The molecule has 1 heterocycles. The van der Waals surface area contributed by atoms with E-state index in [-0.39, 0.29) is 11.2 Å². The Morgan fingerprint density at radius 2 is 1.69 bits per heavy atom. The first-order chi connectivity index (χ1) is 12.4. The minimum atomic E-state index is -0.361. The number of nitrogens with zero attached hydrogens (tertiary/aromatic N) is 2. The Morgan fingerprint density at radius 3 is 2.35 bits per heavy atom. The third-order valence-electron chi connectivity index (χ3n) is 4.08. The summed E-state index contributed by atoms with van der Waals surface area (Å²) in [5.41, 5.74) is 4.96. The summed E-state index contributed by atoms with van der Waals surface area (Å²) in [6, 6.07) is 13.8. The lowest BCUT2D eigenvalue weighted by molar-refractivity contribution is -0.115. The highest BCUT2D eigenvalue weighted by atomic mass is 32.2. The number of aryl methyl sites for hydroxylation is 3. The number of rotatable bonds is 5. The SMILES string of the molecule is Cc1ccc(-c2nnc(S[C@@H](C)C(=O)Nc3c(C)cccc3C)o2)cc1. The van der Waals surface area contributed by atoms with Crippen LogP contribution in [0.5, 0.6) is 0 Å². The van der Waals surface area contributed by atoms with Crippen LogP contribution in [0.1, 0.15) is 23.6 Å². The number of nitrogens with one attached hydrogen (secondary N) is 1. The number of anilines is 1. The van der Waals surface area contributed by atoms with Gasteiger partial charge in [-0.15, -0.1) is 10.2 Å². The molecule has 0 unspecified atom stereocenters. The first kappa shape index (κ1) is 18.2. The van der Waals surface area contributed by atoms with Crippen molar-refractivity contribution in [3.05, 3.63) is 59.2 Å². The third-order valence-corrected chi connectivity index (χ3v) is 5.02. The summed E-state index contributed by atoms with van der Waals surface area (Å²) in [6.07, 6.45) is 0. The van der Waals surface area contributed by atoms with Crippen molar-refractivity contribution in [2.24, 2.45) is 0 Å². The second-order valence-corrected chi connectivity index (χ2v) is 7.55. The molecule has 6 heteroatoms. The monoisotopic (exact) mass is 367 g/mol. The molecule has 1 atom stereocenters. The molecule has 26 heavy (non-hydrogen) atoms. The quantitative estimate of drug-likeness (QED) is 0.657. The van der Waals surface area contributed by atoms with Crippen LogP contribution in [0.25, 0.3) is 11.5 Å². The van der Waals surface area contributed by atoms with Crippen LogP contribution in [0, 0.1) is 20.8 Å². The molecule has 0 saturated carbocycles. The molecule has 1 N–H and O–H groups in total. The lowest BCUT2D eigenvalue weighted by atomic mass is 10.1. The van der Waals surface area contributed by atoms with Crippen molar-refractivity contribution in [1.82, 2.24) is 10.2 Å². The van der Waals surface area contributed by atoms with Gasteiger partial charge in [-0.2, -0.15) is 0 Å². The minimum Gasteiger partial charge on any atom is -0.411 e. The minimum absolute atomic E-state index is 0.0949. The molecule has 0 bridgehead atoms. The first-order valence-corrected chi connectivity index (χ1v) is 9.26. The first-order valence-electron chi connectivity index (χ1n) is 8.38. The normalized spacial score (nSPS) is 12.0. The molecule has 2 aromatic carbocycles. The lowest BCUT2D eigenvalue weighted by Gasteiger charge is -2.14. The van der Waals surface area contributed by atoms with Gasteiger partial charge in [-0.05, 0) is 51.0 Å². The van der Waals surface area contributed by atoms with Crippen LogP contribution >= 0.6 is 11.8 Å². The van der Waals surface area contributed by atoms with Crippen molar-refractivity contribution < 1.29 is 9.21 Å². The van der Waals surface area contributed by atoms with E-state index in [4.69, 9.17) is 4.42 Å². The molecule has 0 radical (unpaired) electrons. The number of hydrogen-bond acceptors (Lipinski definition) is 5. The number of hydrogen-bond donors (Lipinski definition) is 1. The molecule has 5 nitrogen and oxygen atoms in total. The van der Waals surface area contributed by atoms with Crippen molar-refractivity contribution in [3.63, 3.8) is 0 Å². The molecule has 0 fully saturated rings. The second kappa shape index (κ2) is 7.74. The highest BCUT2D eigenvalue weighted by Crippen LogP contribution is 2.27. The molecule has 0 aliphatic carbocycles. The molecule has 0 saturated heterocycles. The van der Waals surface area contributed by atoms with Crippen LogP contribution in [0.2, 0.25) is 0 Å². The van der Waals surface area contributed by atoms with E-state index < -0.39 is 0 Å². The van der Waals surface area contributed by atoms with Gasteiger partial charge in [-0.1, -0.05) is 47.7 Å². The van der Waals surface area contributed by atoms with Crippen LogP contribution in [0.15, 0.2) is 52.1 Å². The number of thioether (sulfide) groups is 1. The van der Waals surface area contributed by atoms with Gasteiger partial charge in [0, 0.05) is 11.3 Å². The Labute approximate surface area is 157 Å². The van der Waals surface area contributed by atoms with Gasteiger partial charge in [0.1, 0.15) is 0 Å². The second-order valence-electron chi connectivity index (χ2n) is 6.26. The number of aromatic nitrogens is 2. The standard InChI is InChI=1S/C20H21N3O2S/c1-12-8-10-16(11-9-12)19-22-23-20(25-19)26-15(4)18(24)21-17-13(2)6-5-7-14(17)3/h5-11,15H,1-4H3,(H,21,24)/t15-/m0/s1. The van der Waals surface area contributed by atoms with Gasteiger partial charge in [0.15, 0.2) is 0 Å². The Morgan fingerprint density at radius 1 is 1.04 bits per heavy atom. The predicted molar refractivity (Wildman–Crippen MR) is 104 cm³/mol. The zero-order chi connectivity index (χ0) is 18.7. The molecular weight excluding hydrogens is 346 g/mol. The Hall–Kier alpha value is -2.60. The molecule has 1 amide bonds. The van der Waals surface area contributed by atoms with Crippen molar-refractivity contribution >= 4 is 23.4 Å². The van der Waals surface area contributed by atoms with Gasteiger partial charge < -0.3 is 9.73 Å². The Balaban J connectivity index is 1.67. The van der Waals surface area contributed by atoms with E-state index in [2.05, 4.69) is 15.5 Å². The van der Waals surface area contributed by atoms with Gasteiger partial charge in [0.05, 0.1) is 5.25 Å². The topological polar surface area (TPSA) is 68.0 Å². The van der Waals surface area contributed by atoms with Crippen LogP contribution in [-0.2, 0) is 4.79 Å². The number of amides is 1. The van der Waals surface area contributed by atoms with Crippen molar-refractivity contribution in [1.29, 1.82) is 0 Å². The maximum Gasteiger partial charge on any atom is 0.277 e. The molecule has 0 aliphatic rings. The number of carbonyl (C=O) groups excluding carboxylic acids is 1. The maximum atomic E-state index is 12.5. The van der Waals surface area contributed by atoms with Gasteiger partial charge in [0.2, 0.25) is 11.8 Å². The number of benzene rings is 2. The number of carbonyl (C=O) groups is 1. The highest BCUT2D eigenvalue weighted by molar-refractivity contribution is 8.00. The maximum absolute atomic E-state index is 12.5. The fraction of sp³-hybridized carbons (Fsp3) is 0.250. The van der Waals surface area contributed by atoms with Crippen LogP contribution in [0.3, 0.4) is 0 Å². The third kappa shape index (κ3) is 4.14. The van der Waals surface area contributed by atoms with Gasteiger partial charge in [0.25, 0.3) is 5.22 Å². The summed E-state index contributed by atoms with van der Waals surface area (Å²) in [5, 5.41) is 11.1. The van der Waals surface area contributed by atoms with E-state index in [1.807, 2.05) is 70.2 Å². The summed E-state index contributed by atoms with van der Waals surface area (Å²) in [5.74, 6) is 0.359. The summed E-state index contributed by atoms with van der Waals surface area (Å²) < 4.78 is 5.69. The average Bonchev–Trinajstić information content (AvgIpc) is 3.07. The summed E-state index contributed by atoms with van der Waals surface area (Å²) >= 11 is 1.25. The van der Waals surface area contributed by atoms with E-state index in [1.54, 1.807) is 0 Å². The molecule has 3 rings (SSSR count). The van der Waals surface area contributed by atoms with E-state index in [9.17, 15) is 4.79 Å². The molecule has 1 aromatic heterocycles. The van der Waals surface area contributed by atoms with Gasteiger partial charge >= 0.3 is 0 Å². The highest BCUT2D eigenvalue weighted by Gasteiger charge is 2.20. The van der Waals surface area contributed by atoms with Gasteiger partial charge in [-0.3, -0.25) is 4.79 Å². The van der Waals surface area contributed by atoms with Crippen molar-refractivity contribution in [3.8, 4) is 11.5 Å². The molecule has 0 aliphatic heterocycles. The van der Waals surface area contributed by atoms with Crippen LogP contribution < -0.4 is 5.32 Å². The van der Waals surface area contributed by atoms with E-state index >= 15 is 0 Å². The van der Waals surface area contributed by atoms with E-state index in [1.165, 1.54) is 17.3 Å². The summed E-state index contributed by atoms with van der Waals surface area (Å²) in [4.78, 5) is 12.5. The van der Waals surface area contributed by atoms with Crippen molar-refractivity contribution in [2.75, 3.05) is 5.32 Å². The predicted octanol–water partition coefficient (Wildman–Crippen LogP) is 4.78. The zero-order valence-corrected chi connectivity index (χ0v) is 16.1. The Bertz CT molecular complexity index is 899. The van der Waals surface area contributed by atoms with Gasteiger partial charge in [-0.25, -0.2) is 0 Å². The fourth-order valence-corrected chi connectivity index (χ4v) is 3.19. The van der Waals surface area contributed by atoms with E-state index in [0.717, 1.165) is 22.4 Å². The molecule has 0 spiro atoms. The lowest BCUT2D eigenvalue weighted by Crippen LogP contribution is -2.23. The van der Waals surface area contributed by atoms with Crippen molar-refractivity contribution in [2.45, 2.75) is 38.2 Å². The molecule has 3 aromatic rings. The smallest absolute Gasteiger partial charge is 0.277 e. The fourth-order valence-electron chi connectivity index (χ4n) is 2.51. The summed E-state index contributed by atoms with van der Waals surface area (Å²) in [6.45, 7) is 7.80. The number of para-hydroxylation sites is 1. The van der Waals surface area contributed by atoms with E-state index in [0.29, 0.717) is 11.1 Å². The molecular formula is C20H21N3O2S. The van der Waals surface area contributed by atoms with Crippen LogP contribution in [-0.4, -0.2) is 21.4 Å².